The summed E-state index contributed by atoms with van der Waals surface area (Å²) in [4.78, 5) is 10.2. The molecule has 17 heavy (non-hydrogen) atoms. The van der Waals surface area contributed by atoms with Gasteiger partial charge < -0.3 is 4.74 Å². The molecule has 0 bridgehead atoms. The average Bonchev–Trinajstić information content (AvgIpc) is 2.12. The number of methoxy groups -OCH3 is 1. The van der Waals surface area contributed by atoms with E-state index in [0.717, 1.165) is 0 Å². The molecular formula is C5H10O10S2. The van der Waals surface area contributed by atoms with Crippen LogP contribution in [0.5, 0.6) is 0 Å². The molecule has 0 saturated carbocycles. The van der Waals surface area contributed by atoms with Crippen LogP contribution in [0.15, 0.2) is 12.2 Å². The minimum absolute atomic E-state index is 0.347. The van der Waals surface area contributed by atoms with Crippen molar-refractivity contribution in [3.05, 3.63) is 12.2 Å². The lowest BCUT2D eigenvalue weighted by Gasteiger charge is -1.92. The van der Waals surface area contributed by atoms with Gasteiger partial charge in [0.1, 0.15) is 0 Å². The van der Waals surface area contributed by atoms with E-state index in [2.05, 4.69) is 20.0 Å². The molecule has 0 rings (SSSR count). The molecule has 0 saturated heterocycles. The van der Waals surface area contributed by atoms with Gasteiger partial charge in [-0.1, -0.05) is 15.2 Å². The summed E-state index contributed by atoms with van der Waals surface area (Å²) in [6, 6.07) is 0. The molecule has 0 atom stereocenters. The Labute approximate surface area is 97.6 Å². The highest BCUT2D eigenvalue weighted by atomic mass is 32.3. The summed E-state index contributed by atoms with van der Waals surface area (Å²) in [7, 11) is -8.71. The summed E-state index contributed by atoms with van der Waals surface area (Å²) in [6.45, 7) is 4.95. The highest BCUT2D eigenvalue weighted by Crippen LogP contribution is 1.92. The number of rotatable bonds is 4. The molecule has 12 heteroatoms. The van der Waals surface area contributed by atoms with Crippen molar-refractivity contribution < 1.29 is 44.1 Å². The maximum absolute atomic E-state index is 10.2. The van der Waals surface area contributed by atoms with Crippen LogP contribution in [0.25, 0.3) is 0 Å². The third kappa shape index (κ3) is 17.6. The highest BCUT2D eigenvalue weighted by molar-refractivity contribution is 7.83. The van der Waals surface area contributed by atoms with Crippen LogP contribution in [-0.4, -0.2) is 39.0 Å². The van der Waals surface area contributed by atoms with Crippen molar-refractivity contribution in [3.8, 4) is 0 Å². The van der Waals surface area contributed by atoms with E-state index in [0.29, 0.717) is 5.57 Å². The van der Waals surface area contributed by atoms with Gasteiger partial charge in [0.15, 0.2) is 0 Å². The van der Waals surface area contributed by atoms with Crippen molar-refractivity contribution in [2.45, 2.75) is 6.92 Å². The van der Waals surface area contributed by atoms with Gasteiger partial charge in [-0.25, -0.2) is 4.79 Å². The Morgan fingerprint density at radius 3 is 1.41 bits per heavy atom. The smallest absolute Gasteiger partial charge is 0.425 e. The predicted octanol–water partition coefficient (Wildman–Crippen LogP) is -0.724. The van der Waals surface area contributed by atoms with E-state index in [4.69, 9.17) is 9.11 Å². The Hall–Kier alpha value is -1.05. The molecule has 0 unspecified atom stereocenters. The van der Waals surface area contributed by atoms with Crippen molar-refractivity contribution in [3.63, 3.8) is 0 Å². The zero-order valence-corrected chi connectivity index (χ0v) is 10.3. The van der Waals surface area contributed by atoms with E-state index in [1.165, 1.54) is 7.11 Å². The summed E-state index contributed by atoms with van der Waals surface area (Å²) in [6.07, 6.45) is 0. The van der Waals surface area contributed by atoms with E-state index >= 15 is 0 Å². The number of ether oxygens (including phenoxy) is 1. The molecule has 0 heterocycles. The molecular weight excluding hydrogens is 284 g/mol. The maximum atomic E-state index is 10.2. The summed E-state index contributed by atoms with van der Waals surface area (Å²) in [5.74, 6) is -0.347. The Balaban J connectivity index is 0. The lowest BCUT2D eigenvalue weighted by molar-refractivity contribution is -0.136. The second-order valence-corrected chi connectivity index (χ2v) is 4.25. The SMILES string of the molecule is C=C(C)C(=O)OC.O=S(=O)(O)OOS(=O)(=O)O. The van der Waals surface area contributed by atoms with Crippen molar-refractivity contribution in [1.29, 1.82) is 0 Å². The van der Waals surface area contributed by atoms with Gasteiger partial charge in [0.2, 0.25) is 0 Å². The van der Waals surface area contributed by atoms with E-state index in [-0.39, 0.29) is 5.97 Å². The molecule has 2 N–H and O–H groups in total. The lowest BCUT2D eigenvalue weighted by atomic mass is 10.4. The Bertz CT molecular complexity index is 425. The van der Waals surface area contributed by atoms with Gasteiger partial charge in [0, 0.05) is 5.57 Å². The van der Waals surface area contributed by atoms with E-state index < -0.39 is 20.8 Å². The Kier molecular flexibility index (Phi) is 7.88. The van der Waals surface area contributed by atoms with Crippen LogP contribution in [0.1, 0.15) is 6.92 Å². The second-order valence-electron chi connectivity index (χ2n) is 2.26. The molecule has 102 valence electrons. The zero-order valence-electron chi connectivity index (χ0n) is 8.68. The fourth-order valence-corrected chi connectivity index (χ4v) is 0.806. The summed E-state index contributed by atoms with van der Waals surface area (Å²) < 4.78 is 63.1. The van der Waals surface area contributed by atoms with E-state index in [1.807, 2.05) is 0 Å². The number of hydrogen-bond donors (Lipinski definition) is 2. The van der Waals surface area contributed by atoms with Crippen LogP contribution in [-0.2, 0) is 39.0 Å². The number of carbonyl (C=O) groups excluding carboxylic acids is 1. The standard InChI is InChI=1S/C5H8O2.H2O8S2/c1-4(2)5(6)7-3;1-9(2,3)7-8-10(4,5)6/h1H2,2-3H3;(H,1,2,3)(H,4,5,6). The first-order valence-corrected chi connectivity index (χ1v) is 6.18. The molecule has 0 fully saturated rings. The summed E-state index contributed by atoms with van der Waals surface area (Å²) in [5.41, 5.74) is 0.433. The lowest BCUT2D eigenvalue weighted by Crippen LogP contribution is -2.10. The van der Waals surface area contributed by atoms with Crippen molar-refractivity contribution in [2.75, 3.05) is 7.11 Å². The second kappa shape index (κ2) is 7.31. The van der Waals surface area contributed by atoms with Gasteiger partial charge in [-0.05, 0) is 6.92 Å². The monoisotopic (exact) mass is 294 g/mol. The van der Waals surface area contributed by atoms with Crippen LogP contribution >= 0.6 is 0 Å². The van der Waals surface area contributed by atoms with Crippen molar-refractivity contribution in [2.24, 2.45) is 0 Å². The molecule has 0 aromatic heterocycles. The first kappa shape index (κ1) is 18.3. The fraction of sp³-hybridized carbons (Fsp3) is 0.400. The van der Waals surface area contributed by atoms with Crippen LogP contribution in [0.3, 0.4) is 0 Å². The highest BCUT2D eigenvalue weighted by Gasteiger charge is 2.13. The molecule has 0 aliphatic carbocycles. The molecule has 0 spiro atoms. The maximum Gasteiger partial charge on any atom is 0.425 e. The fourth-order valence-electron chi connectivity index (χ4n) is 0.244. The molecule has 0 aromatic rings. The van der Waals surface area contributed by atoms with Crippen molar-refractivity contribution >= 4 is 26.8 Å². The molecule has 0 aliphatic rings. The number of carbonyl (C=O) groups is 1. The minimum Gasteiger partial charge on any atom is -0.466 e. The van der Waals surface area contributed by atoms with Crippen LogP contribution in [0.4, 0.5) is 0 Å². The largest absolute Gasteiger partial charge is 0.466 e. The first-order chi connectivity index (χ1) is 7.39. The predicted molar refractivity (Wildman–Crippen MR) is 52.1 cm³/mol. The van der Waals surface area contributed by atoms with Crippen LogP contribution < -0.4 is 0 Å². The normalized spacial score (nSPS) is 11.1. The van der Waals surface area contributed by atoms with E-state index in [1.54, 1.807) is 6.92 Å². The van der Waals surface area contributed by atoms with Gasteiger partial charge >= 0.3 is 26.8 Å². The topological polar surface area (TPSA) is 154 Å². The van der Waals surface area contributed by atoms with E-state index in [9.17, 15) is 21.6 Å². The first-order valence-electron chi connectivity index (χ1n) is 3.45. The summed E-state index contributed by atoms with van der Waals surface area (Å²) >= 11 is 0. The minimum atomic E-state index is -5.02. The van der Waals surface area contributed by atoms with Crippen molar-refractivity contribution in [1.82, 2.24) is 0 Å². The number of esters is 1. The van der Waals surface area contributed by atoms with Gasteiger partial charge in [-0.15, -0.1) is 0 Å². The third-order valence-electron chi connectivity index (χ3n) is 0.734. The molecule has 10 nitrogen and oxygen atoms in total. The number of hydrogen-bond acceptors (Lipinski definition) is 8. The zero-order chi connectivity index (χ0) is 14.3. The molecule has 0 aromatic carbocycles. The van der Waals surface area contributed by atoms with Gasteiger partial charge in [-0.3, -0.25) is 9.11 Å². The average molecular weight is 294 g/mol. The molecule has 0 amide bonds. The Morgan fingerprint density at radius 2 is 1.35 bits per heavy atom. The van der Waals surface area contributed by atoms with Crippen LogP contribution in [0, 0.1) is 0 Å². The Morgan fingerprint density at radius 1 is 1.06 bits per heavy atom. The van der Waals surface area contributed by atoms with Gasteiger partial charge in [-0.2, -0.15) is 16.8 Å². The third-order valence-corrected chi connectivity index (χ3v) is 1.30. The van der Waals surface area contributed by atoms with Gasteiger partial charge in [0.25, 0.3) is 0 Å². The van der Waals surface area contributed by atoms with Crippen LogP contribution in [0.2, 0.25) is 0 Å². The molecule has 0 aliphatic heterocycles. The molecule has 0 radical (unpaired) electrons. The van der Waals surface area contributed by atoms with Gasteiger partial charge in [0.05, 0.1) is 7.11 Å². The quantitative estimate of drug-likeness (QED) is 0.223. The summed E-state index contributed by atoms with van der Waals surface area (Å²) in [5, 5.41) is 0.